The molecule has 0 atom stereocenters. The zero-order chi connectivity index (χ0) is 13.3. The minimum Gasteiger partial charge on any atom is -0.479 e. The predicted molar refractivity (Wildman–Crippen MR) is 75.6 cm³/mol. The van der Waals surface area contributed by atoms with Crippen LogP contribution in [0.15, 0.2) is 33.5 Å². The van der Waals surface area contributed by atoms with E-state index in [-0.39, 0.29) is 0 Å². The first-order chi connectivity index (χ1) is 8.06. The van der Waals surface area contributed by atoms with Crippen molar-refractivity contribution in [1.82, 2.24) is 0 Å². The van der Waals surface area contributed by atoms with Gasteiger partial charge in [-0.1, -0.05) is 26.3 Å². The van der Waals surface area contributed by atoms with E-state index < -0.39 is 0 Å². The van der Waals surface area contributed by atoms with Crippen LogP contribution in [0.2, 0.25) is 0 Å². The average Bonchev–Trinajstić information content (AvgIpc) is 2.28. The number of rotatable bonds is 7. The van der Waals surface area contributed by atoms with Gasteiger partial charge in [-0.05, 0) is 39.0 Å². The molecule has 0 aliphatic heterocycles. The van der Waals surface area contributed by atoms with Gasteiger partial charge in [-0.15, -0.1) is 0 Å². The second-order valence-electron chi connectivity index (χ2n) is 4.15. The van der Waals surface area contributed by atoms with Crippen molar-refractivity contribution >= 4 is 12.6 Å². The molecule has 0 bridgehead atoms. The van der Waals surface area contributed by atoms with Crippen LogP contribution >= 0.6 is 0 Å². The van der Waals surface area contributed by atoms with Gasteiger partial charge >= 0.3 is 0 Å². The molecule has 0 N–H and O–H groups in total. The summed E-state index contributed by atoms with van der Waals surface area (Å²) >= 11 is 0. The van der Waals surface area contributed by atoms with Crippen LogP contribution in [0.25, 0.3) is 0 Å². The van der Waals surface area contributed by atoms with Crippen LogP contribution in [-0.2, 0) is 4.74 Å². The Morgan fingerprint density at radius 2 is 1.88 bits per heavy atom. The minimum atomic E-state index is 0.501. The first-order valence-electron chi connectivity index (χ1n) is 6.01. The number of methoxy groups -OCH3 is 1. The molecule has 0 aliphatic carbocycles. The van der Waals surface area contributed by atoms with Gasteiger partial charge in [0.05, 0.1) is 7.11 Å². The van der Waals surface area contributed by atoms with Gasteiger partial charge in [0.25, 0.3) is 0 Å². The Morgan fingerprint density at radius 3 is 2.29 bits per heavy atom. The third-order valence-corrected chi connectivity index (χ3v) is 2.36. The normalized spacial score (nSPS) is 10.9. The smallest absolute Gasteiger partial charge is 0.239 e. The molecular formula is C14H24N2O. The molecule has 96 valence electrons. The maximum atomic E-state index is 5.24. The van der Waals surface area contributed by atoms with E-state index in [2.05, 4.69) is 30.2 Å². The van der Waals surface area contributed by atoms with Crippen molar-refractivity contribution in [2.75, 3.05) is 7.11 Å². The van der Waals surface area contributed by atoms with Crippen molar-refractivity contribution in [2.24, 2.45) is 9.98 Å². The third kappa shape index (κ3) is 6.05. The lowest BCUT2D eigenvalue weighted by Gasteiger charge is -2.08. The molecule has 0 aromatic heterocycles. The highest BCUT2D eigenvalue weighted by Gasteiger charge is 2.07. The summed E-state index contributed by atoms with van der Waals surface area (Å²) in [6, 6.07) is 0. The Kier molecular flexibility index (Phi) is 8.03. The number of allylic oxidation sites excluding steroid dienone is 2. The molecule has 0 fully saturated rings. The summed E-state index contributed by atoms with van der Waals surface area (Å²) in [5, 5.41) is 0. The molecule has 0 saturated heterocycles. The molecule has 0 aromatic carbocycles. The lowest BCUT2D eigenvalue weighted by Crippen LogP contribution is -2.06. The van der Waals surface area contributed by atoms with Crippen LogP contribution in [0.3, 0.4) is 0 Å². The Bertz CT molecular complexity index is 323. The van der Waals surface area contributed by atoms with E-state index in [1.807, 2.05) is 13.8 Å². The Balaban J connectivity index is 4.70. The van der Waals surface area contributed by atoms with Gasteiger partial charge in [0.2, 0.25) is 5.90 Å². The van der Waals surface area contributed by atoms with E-state index in [4.69, 9.17) is 4.74 Å². The summed E-state index contributed by atoms with van der Waals surface area (Å²) in [5.41, 5.74) is 2.56. The van der Waals surface area contributed by atoms with Gasteiger partial charge in [-0.25, -0.2) is 4.99 Å². The Morgan fingerprint density at radius 1 is 1.24 bits per heavy atom. The fraction of sp³-hybridized carbons (Fsp3) is 0.571. The van der Waals surface area contributed by atoms with E-state index in [9.17, 15) is 0 Å². The predicted octanol–water partition coefficient (Wildman–Crippen LogP) is 4.12. The summed E-state index contributed by atoms with van der Waals surface area (Å²) in [7, 11) is 1.59. The van der Waals surface area contributed by atoms with Crippen molar-refractivity contribution in [3.05, 3.63) is 23.5 Å². The maximum absolute atomic E-state index is 5.24. The molecule has 17 heavy (non-hydrogen) atoms. The summed E-state index contributed by atoms with van der Waals surface area (Å²) in [5.74, 6) is 0.501. The zero-order valence-corrected chi connectivity index (χ0v) is 11.5. The second kappa shape index (κ2) is 8.74. The molecule has 0 heterocycles. The third-order valence-electron chi connectivity index (χ3n) is 2.36. The SMILES string of the molecule is C=NC(=C(C)C)/C(=N/C(=C)CCCCC)OC. The molecule has 3 heteroatoms. The van der Waals surface area contributed by atoms with E-state index in [1.165, 1.54) is 12.8 Å². The largest absolute Gasteiger partial charge is 0.479 e. The Labute approximate surface area is 105 Å². The Hall–Kier alpha value is -1.38. The van der Waals surface area contributed by atoms with Gasteiger partial charge in [-0.2, -0.15) is 0 Å². The molecule has 0 amide bonds. The second-order valence-corrected chi connectivity index (χ2v) is 4.15. The van der Waals surface area contributed by atoms with Crippen molar-refractivity contribution in [1.29, 1.82) is 0 Å². The first-order valence-corrected chi connectivity index (χ1v) is 6.01. The van der Waals surface area contributed by atoms with Crippen molar-refractivity contribution < 1.29 is 4.74 Å². The van der Waals surface area contributed by atoms with Crippen LogP contribution in [0.1, 0.15) is 46.5 Å². The molecule has 0 aromatic rings. The number of aliphatic imine (C=N–C) groups is 2. The minimum absolute atomic E-state index is 0.501. The van der Waals surface area contributed by atoms with E-state index in [0.29, 0.717) is 11.6 Å². The highest BCUT2D eigenvalue weighted by Crippen LogP contribution is 2.13. The number of hydrogen-bond acceptors (Lipinski definition) is 3. The highest BCUT2D eigenvalue weighted by molar-refractivity contribution is 5.95. The quantitative estimate of drug-likeness (QED) is 0.372. The fourth-order valence-electron chi connectivity index (χ4n) is 1.41. The van der Waals surface area contributed by atoms with Crippen LogP contribution in [0.5, 0.6) is 0 Å². The molecule has 3 nitrogen and oxygen atoms in total. The van der Waals surface area contributed by atoms with E-state index in [1.54, 1.807) is 7.11 Å². The van der Waals surface area contributed by atoms with Crippen LogP contribution in [0.4, 0.5) is 0 Å². The standard InChI is InChI=1S/C14H24N2O/c1-7-8-9-10-12(4)16-14(17-6)13(15-5)11(2)3/h4-5,7-10H2,1-3,6H3/b16-14-. The van der Waals surface area contributed by atoms with E-state index >= 15 is 0 Å². The van der Waals surface area contributed by atoms with Gasteiger partial charge in [0.1, 0.15) is 5.70 Å². The lowest BCUT2D eigenvalue weighted by atomic mass is 10.2. The number of unbranched alkanes of at least 4 members (excludes halogenated alkanes) is 2. The van der Waals surface area contributed by atoms with E-state index in [0.717, 1.165) is 24.1 Å². The molecule has 0 spiro atoms. The topological polar surface area (TPSA) is 34.0 Å². The van der Waals surface area contributed by atoms with Gasteiger partial charge in [0, 0.05) is 5.70 Å². The highest BCUT2D eigenvalue weighted by atomic mass is 16.5. The summed E-state index contributed by atoms with van der Waals surface area (Å²) in [6.45, 7) is 13.6. The molecule has 0 rings (SSSR count). The van der Waals surface area contributed by atoms with Crippen LogP contribution < -0.4 is 0 Å². The summed E-state index contributed by atoms with van der Waals surface area (Å²) in [6.07, 6.45) is 4.41. The van der Waals surface area contributed by atoms with Crippen LogP contribution in [0, 0.1) is 0 Å². The lowest BCUT2D eigenvalue weighted by molar-refractivity contribution is 0.401. The zero-order valence-electron chi connectivity index (χ0n) is 11.5. The summed E-state index contributed by atoms with van der Waals surface area (Å²) in [4.78, 5) is 8.31. The molecule has 0 unspecified atom stereocenters. The molecule has 0 radical (unpaired) electrons. The molecule has 0 saturated carbocycles. The molecule has 0 aliphatic rings. The van der Waals surface area contributed by atoms with Gasteiger partial charge in [-0.3, -0.25) is 4.99 Å². The first kappa shape index (κ1) is 15.6. The average molecular weight is 236 g/mol. The van der Waals surface area contributed by atoms with Crippen molar-refractivity contribution in [2.45, 2.75) is 46.5 Å². The number of ether oxygens (including phenoxy) is 1. The van der Waals surface area contributed by atoms with Crippen molar-refractivity contribution in [3.8, 4) is 0 Å². The van der Waals surface area contributed by atoms with Crippen LogP contribution in [-0.4, -0.2) is 19.7 Å². The van der Waals surface area contributed by atoms with Gasteiger partial charge < -0.3 is 4.74 Å². The summed E-state index contributed by atoms with van der Waals surface area (Å²) < 4.78 is 5.24. The maximum Gasteiger partial charge on any atom is 0.239 e. The van der Waals surface area contributed by atoms with Crippen molar-refractivity contribution in [3.63, 3.8) is 0 Å². The van der Waals surface area contributed by atoms with Gasteiger partial charge in [0.15, 0.2) is 0 Å². The molecular weight excluding hydrogens is 212 g/mol. The fourth-order valence-corrected chi connectivity index (χ4v) is 1.41. The number of nitrogens with zero attached hydrogens (tertiary/aromatic N) is 2. The monoisotopic (exact) mass is 236 g/mol. The number of hydrogen-bond donors (Lipinski definition) is 0.